The first-order valence-corrected chi connectivity index (χ1v) is 8.10. The molecule has 0 spiro atoms. The molecule has 20 heavy (non-hydrogen) atoms. The third kappa shape index (κ3) is 4.70. The minimum absolute atomic E-state index is 0.499. The summed E-state index contributed by atoms with van der Waals surface area (Å²) in [6, 6.07) is 6.16. The van der Waals surface area contributed by atoms with Gasteiger partial charge in [0, 0.05) is 25.4 Å². The number of nitrogens with zero attached hydrogens (tertiary/aromatic N) is 2. The van der Waals surface area contributed by atoms with Crippen LogP contribution in [0.25, 0.3) is 0 Å². The number of nitrogens with one attached hydrogen (secondary N) is 1. The van der Waals surface area contributed by atoms with Crippen molar-refractivity contribution in [3.8, 4) is 0 Å². The summed E-state index contributed by atoms with van der Waals surface area (Å²) in [5.74, 6) is 0. The van der Waals surface area contributed by atoms with Gasteiger partial charge in [0.05, 0.1) is 10.0 Å². The highest BCUT2D eigenvalue weighted by Gasteiger charge is 2.07. The second kappa shape index (κ2) is 7.36. The fourth-order valence-electron chi connectivity index (χ4n) is 1.75. The van der Waals surface area contributed by atoms with Gasteiger partial charge in [-0.3, -0.25) is 0 Å². The van der Waals surface area contributed by atoms with E-state index >= 15 is 0 Å². The van der Waals surface area contributed by atoms with Gasteiger partial charge in [0.1, 0.15) is 10.0 Å². The van der Waals surface area contributed by atoms with Gasteiger partial charge in [-0.1, -0.05) is 43.1 Å². The second-order valence-corrected chi connectivity index (χ2v) is 6.83. The molecule has 0 atom stereocenters. The van der Waals surface area contributed by atoms with Crippen molar-refractivity contribution >= 4 is 34.5 Å². The minimum atomic E-state index is 0.499. The highest BCUT2D eigenvalue weighted by molar-refractivity contribution is 7.11. The van der Waals surface area contributed by atoms with Crippen molar-refractivity contribution in [1.82, 2.24) is 15.5 Å². The molecule has 0 unspecified atom stereocenters. The van der Waals surface area contributed by atoms with Crippen molar-refractivity contribution in [2.75, 3.05) is 6.54 Å². The van der Waals surface area contributed by atoms with Crippen LogP contribution in [0.15, 0.2) is 18.2 Å². The van der Waals surface area contributed by atoms with E-state index in [1.807, 2.05) is 18.2 Å². The smallest absolute Gasteiger partial charge is 0.121 e. The summed E-state index contributed by atoms with van der Waals surface area (Å²) >= 11 is 13.6. The molecular weight excluding hydrogens is 313 g/mol. The van der Waals surface area contributed by atoms with Crippen molar-refractivity contribution in [3.63, 3.8) is 0 Å². The summed E-state index contributed by atoms with van der Waals surface area (Å²) < 4.78 is 0. The Morgan fingerprint density at radius 3 is 2.60 bits per heavy atom. The van der Waals surface area contributed by atoms with Crippen LogP contribution in [0.5, 0.6) is 0 Å². The van der Waals surface area contributed by atoms with E-state index in [2.05, 4.69) is 29.4 Å². The molecule has 0 aliphatic heterocycles. The van der Waals surface area contributed by atoms with E-state index in [0.717, 1.165) is 35.0 Å². The van der Waals surface area contributed by atoms with E-state index in [4.69, 9.17) is 23.2 Å². The van der Waals surface area contributed by atoms with Gasteiger partial charge >= 0.3 is 0 Å². The van der Waals surface area contributed by atoms with Crippen molar-refractivity contribution in [2.45, 2.75) is 32.7 Å². The summed E-state index contributed by atoms with van der Waals surface area (Å²) in [5.41, 5.74) is 1.10. The van der Waals surface area contributed by atoms with Gasteiger partial charge in [0.2, 0.25) is 0 Å². The first-order chi connectivity index (χ1) is 9.54. The third-order valence-electron chi connectivity index (χ3n) is 2.74. The molecule has 0 aliphatic rings. The molecule has 0 radical (unpaired) electrons. The van der Waals surface area contributed by atoms with Crippen LogP contribution >= 0.6 is 34.5 Å². The largest absolute Gasteiger partial charge is 0.314 e. The summed E-state index contributed by atoms with van der Waals surface area (Å²) in [4.78, 5) is 0. The molecule has 2 aromatic rings. The van der Waals surface area contributed by atoms with Crippen LogP contribution in [0.4, 0.5) is 0 Å². The van der Waals surface area contributed by atoms with Crippen LogP contribution in [-0.4, -0.2) is 22.8 Å². The van der Waals surface area contributed by atoms with E-state index in [9.17, 15) is 0 Å². The van der Waals surface area contributed by atoms with E-state index in [0.29, 0.717) is 16.1 Å². The lowest BCUT2D eigenvalue weighted by atomic mass is 10.2. The van der Waals surface area contributed by atoms with Gasteiger partial charge < -0.3 is 5.32 Å². The van der Waals surface area contributed by atoms with Crippen molar-refractivity contribution in [3.05, 3.63) is 43.8 Å². The van der Waals surface area contributed by atoms with Crippen molar-refractivity contribution < 1.29 is 0 Å². The average Bonchev–Trinajstić information content (AvgIpc) is 2.81. The lowest BCUT2D eigenvalue weighted by Crippen LogP contribution is -2.24. The highest BCUT2D eigenvalue weighted by atomic mass is 35.5. The quantitative estimate of drug-likeness (QED) is 0.871. The Kier molecular flexibility index (Phi) is 5.78. The molecule has 0 saturated heterocycles. The molecule has 0 aliphatic carbocycles. The Bertz CT molecular complexity index is 569. The molecule has 3 nitrogen and oxygen atoms in total. The summed E-state index contributed by atoms with van der Waals surface area (Å²) in [6.07, 6.45) is 1.66. The maximum absolute atomic E-state index is 6.01. The minimum Gasteiger partial charge on any atom is -0.314 e. The van der Waals surface area contributed by atoms with E-state index in [1.54, 1.807) is 11.3 Å². The number of rotatable bonds is 6. The van der Waals surface area contributed by atoms with Gasteiger partial charge in [-0.2, -0.15) is 0 Å². The molecule has 1 aromatic carbocycles. The van der Waals surface area contributed by atoms with Crippen molar-refractivity contribution in [1.29, 1.82) is 0 Å². The zero-order valence-electron chi connectivity index (χ0n) is 11.5. The fourth-order valence-corrected chi connectivity index (χ4v) is 2.95. The molecular formula is C14H17Cl2N3S. The Hall–Kier alpha value is -0.680. The fraction of sp³-hybridized carbons (Fsp3) is 0.429. The van der Waals surface area contributed by atoms with Gasteiger partial charge in [0.15, 0.2) is 0 Å². The van der Waals surface area contributed by atoms with Gasteiger partial charge in [-0.05, 0) is 17.7 Å². The molecule has 0 bridgehead atoms. The Morgan fingerprint density at radius 1 is 1.15 bits per heavy atom. The molecule has 1 N–H and O–H groups in total. The number of benzene rings is 1. The molecule has 108 valence electrons. The first kappa shape index (κ1) is 15.7. The van der Waals surface area contributed by atoms with E-state index in [-0.39, 0.29) is 0 Å². The molecule has 0 amide bonds. The van der Waals surface area contributed by atoms with Gasteiger partial charge in [0.25, 0.3) is 0 Å². The van der Waals surface area contributed by atoms with Crippen LogP contribution < -0.4 is 5.32 Å². The van der Waals surface area contributed by atoms with E-state index in [1.165, 1.54) is 0 Å². The zero-order valence-corrected chi connectivity index (χ0v) is 13.8. The standard InChI is InChI=1S/C14H17Cl2N3S/c1-9(2)17-6-5-13-18-19-14(20-13)8-10-3-4-11(15)12(16)7-10/h3-4,7,9,17H,5-6,8H2,1-2H3. The predicted octanol–water partition coefficient (Wildman–Crippen LogP) is 3.98. The summed E-state index contributed by atoms with van der Waals surface area (Å²) in [5, 5.41) is 15.0. The topological polar surface area (TPSA) is 37.8 Å². The monoisotopic (exact) mass is 329 g/mol. The third-order valence-corrected chi connectivity index (χ3v) is 4.46. The summed E-state index contributed by atoms with van der Waals surface area (Å²) in [7, 11) is 0. The molecule has 0 saturated carbocycles. The number of hydrogen-bond acceptors (Lipinski definition) is 4. The molecule has 2 rings (SSSR count). The van der Waals surface area contributed by atoms with Gasteiger partial charge in [-0.25, -0.2) is 0 Å². The first-order valence-electron chi connectivity index (χ1n) is 6.53. The number of halogens is 2. The average molecular weight is 330 g/mol. The molecule has 1 heterocycles. The second-order valence-electron chi connectivity index (χ2n) is 4.87. The van der Waals surface area contributed by atoms with Crippen LogP contribution in [0, 0.1) is 0 Å². The Morgan fingerprint density at radius 2 is 1.90 bits per heavy atom. The Labute approximate surface area is 133 Å². The number of hydrogen-bond donors (Lipinski definition) is 1. The normalized spacial score (nSPS) is 11.2. The molecule has 6 heteroatoms. The summed E-state index contributed by atoms with van der Waals surface area (Å²) in [6.45, 7) is 5.20. The van der Waals surface area contributed by atoms with Crippen LogP contribution in [0.1, 0.15) is 29.4 Å². The SMILES string of the molecule is CC(C)NCCc1nnc(Cc2ccc(Cl)c(Cl)c2)s1. The maximum Gasteiger partial charge on any atom is 0.121 e. The van der Waals surface area contributed by atoms with Gasteiger partial charge in [-0.15, -0.1) is 21.5 Å². The lowest BCUT2D eigenvalue weighted by molar-refractivity contribution is 0.588. The lowest BCUT2D eigenvalue weighted by Gasteiger charge is -2.05. The zero-order chi connectivity index (χ0) is 14.5. The van der Waals surface area contributed by atoms with Crippen LogP contribution in [-0.2, 0) is 12.8 Å². The van der Waals surface area contributed by atoms with Crippen molar-refractivity contribution in [2.24, 2.45) is 0 Å². The number of aromatic nitrogens is 2. The van der Waals surface area contributed by atoms with Crippen LogP contribution in [0.2, 0.25) is 10.0 Å². The maximum atomic E-state index is 6.01. The highest BCUT2D eigenvalue weighted by Crippen LogP contribution is 2.24. The Balaban J connectivity index is 1.93. The molecule has 0 fully saturated rings. The molecule has 1 aromatic heterocycles. The van der Waals surface area contributed by atoms with E-state index < -0.39 is 0 Å². The predicted molar refractivity (Wildman–Crippen MR) is 86.0 cm³/mol. The van der Waals surface area contributed by atoms with Crippen LogP contribution in [0.3, 0.4) is 0 Å².